The van der Waals surface area contributed by atoms with Crippen molar-refractivity contribution in [2.75, 3.05) is 19.8 Å². The van der Waals surface area contributed by atoms with Crippen LogP contribution in [-0.4, -0.2) is 37.6 Å². The minimum atomic E-state index is -4.13. The zero-order valence-electron chi connectivity index (χ0n) is 10.8. The van der Waals surface area contributed by atoms with Crippen LogP contribution in [-0.2, 0) is 9.47 Å². The van der Waals surface area contributed by atoms with Gasteiger partial charge >= 0.3 is 6.18 Å². The maximum absolute atomic E-state index is 12.3. The van der Waals surface area contributed by atoms with E-state index in [1.165, 1.54) is 0 Å². The number of ether oxygens (including phenoxy) is 2. The summed E-state index contributed by atoms with van der Waals surface area (Å²) in [7, 11) is 0. The van der Waals surface area contributed by atoms with E-state index in [9.17, 15) is 13.2 Å². The van der Waals surface area contributed by atoms with Crippen LogP contribution in [0.25, 0.3) is 0 Å². The number of hydrogen-bond donors (Lipinski definition) is 2. The van der Waals surface area contributed by atoms with Crippen LogP contribution in [0.4, 0.5) is 13.2 Å². The van der Waals surface area contributed by atoms with Crippen molar-refractivity contribution in [1.82, 2.24) is 5.43 Å². The lowest BCUT2D eigenvalue weighted by Gasteiger charge is -2.40. The number of hydrogen-bond acceptors (Lipinski definition) is 4. The summed E-state index contributed by atoms with van der Waals surface area (Å²) in [6.07, 6.45) is -2.63. The predicted molar refractivity (Wildman–Crippen MR) is 63.2 cm³/mol. The first-order valence-electron chi connectivity index (χ1n) is 6.69. The van der Waals surface area contributed by atoms with Gasteiger partial charge in [0.15, 0.2) is 0 Å². The van der Waals surface area contributed by atoms with Crippen LogP contribution >= 0.6 is 0 Å². The molecule has 0 amide bonds. The molecule has 0 aliphatic carbocycles. The number of hydrazine groups is 1. The molecule has 3 N–H and O–H groups in total. The van der Waals surface area contributed by atoms with Crippen LogP contribution in [0.1, 0.15) is 32.1 Å². The lowest BCUT2D eigenvalue weighted by molar-refractivity contribution is -0.140. The first-order chi connectivity index (χ1) is 8.94. The van der Waals surface area contributed by atoms with Crippen molar-refractivity contribution in [3.8, 4) is 0 Å². The lowest BCUT2D eigenvalue weighted by atomic mass is 9.80. The van der Waals surface area contributed by atoms with Crippen molar-refractivity contribution in [2.45, 2.75) is 49.9 Å². The molecule has 0 aromatic rings. The van der Waals surface area contributed by atoms with Gasteiger partial charge < -0.3 is 9.47 Å². The molecule has 19 heavy (non-hydrogen) atoms. The molecular formula is C12H21F3N2O2. The molecule has 3 unspecified atom stereocenters. The van der Waals surface area contributed by atoms with Crippen molar-refractivity contribution in [3.63, 3.8) is 0 Å². The van der Waals surface area contributed by atoms with Crippen molar-refractivity contribution in [2.24, 2.45) is 11.8 Å². The van der Waals surface area contributed by atoms with E-state index in [1.807, 2.05) is 0 Å². The number of rotatable bonds is 4. The van der Waals surface area contributed by atoms with Crippen LogP contribution in [0.2, 0.25) is 0 Å². The van der Waals surface area contributed by atoms with Gasteiger partial charge in [-0.2, -0.15) is 13.2 Å². The van der Waals surface area contributed by atoms with E-state index in [-0.39, 0.29) is 24.0 Å². The van der Waals surface area contributed by atoms with Gasteiger partial charge in [0.25, 0.3) is 0 Å². The zero-order valence-corrected chi connectivity index (χ0v) is 10.8. The zero-order chi connectivity index (χ0) is 13.9. The van der Waals surface area contributed by atoms with Crippen molar-refractivity contribution in [1.29, 1.82) is 0 Å². The second-order valence-corrected chi connectivity index (χ2v) is 5.51. The molecular weight excluding hydrogens is 261 g/mol. The Morgan fingerprint density at radius 2 is 2.16 bits per heavy atom. The van der Waals surface area contributed by atoms with Gasteiger partial charge in [-0.05, 0) is 25.2 Å². The first kappa shape index (κ1) is 15.0. The van der Waals surface area contributed by atoms with Crippen LogP contribution < -0.4 is 11.3 Å². The highest BCUT2D eigenvalue weighted by Crippen LogP contribution is 2.38. The Balaban J connectivity index is 1.90. The minimum Gasteiger partial charge on any atom is -0.378 e. The summed E-state index contributed by atoms with van der Waals surface area (Å²) in [5.74, 6) is 5.54. The molecule has 2 fully saturated rings. The van der Waals surface area contributed by atoms with Crippen molar-refractivity contribution in [3.05, 3.63) is 0 Å². The largest absolute Gasteiger partial charge is 0.389 e. The van der Waals surface area contributed by atoms with Crippen LogP contribution in [0.15, 0.2) is 0 Å². The Morgan fingerprint density at radius 1 is 1.37 bits per heavy atom. The van der Waals surface area contributed by atoms with Crippen LogP contribution in [0, 0.1) is 5.92 Å². The maximum atomic E-state index is 12.3. The third-order valence-corrected chi connectivity index (χ3v) is 4.12. The maximum Gasteiger partial charge on any atom is 0.389 e. The Morgan fingerprint density at radius 3 is 2.74 bits per heavy atom. The topological polar surface area (TPSA) is 56.5 Å². The van der Waals surface area contributed by atoms with E-state index in [1.54, 1.807) is 0 Å². The van der Waals surface area contributed by atoms with Gasteiger partial charge in [0.1, 0.15) is 0 Å². The quantitative estimate of drug-likeness (QED) is 0.609. The van der Waals surface area contributed by atoms with E-state index in [4.69, 9.17) is 15.3 Å². The highest BCUT2D eigenvalue weighted by Gasteiger charge is 2.43. The molecule has 2 heterocycles. The highest BCUT2D eigenvalue weighted by molar-refractivity contribution is 4.93. The van der Waals surface area contributed by atoms with Crippen LogP contribution in [0.3, 0.4) is 0 Å². The summed E-state index contributed by atoms with van der Waals surface area (Å²) in [4.78, 5) is 0. The monoisotopic (exact) mass is 282 g/mol. The molecule has 2 saturated heterocycles. The lowest BCUT2D eigenvalue weighted by Crippen LogP contribution is -2.49. The molecule has 1 spiro atoms. The van der Waals surface area contributed by atoms with E-state index >= 15 is 0 Å². The molecule has 0 aromatic carbocycles. The summed E-state index contributed by atoms with van der Waals surface area (Å²) >= 11 is 0. The fourth-order valence-corrected chi connectivity index (χ4v) is 3.05. The highest BCUT2D eigenvalue weighted by atomic mass is 19.4. The summed E-state index contributed by atoms with van der Waals surface area (Å²) in [5, 5.41) is 0. The van der Waals surface area contributed by atoms with E-state index in [0.29, 0.717) is 19.8 Å². The summed E-state index contributed by atoms with van der Waals surface area (Å²) in [6.45, 7) is 1.77. The fourth-order valence-electron chi connectivity index (χ4n) is 3.05. The molecule has 2 aliphatic heterocycles. The van der Waals surface area contributed by atoms with E-state index in [0.717, 1.165) is 19.3 Å². The third kappa shape index (κ3) is 4.05. The first-order valence-corrected chi connectivity index (χ1v) is 6.69. The Hall–Kier alpha value is -0.370. The summed E-state index contributed by atoms with van der Waals surface area (Å²) < 4.78 is 48.0. The number of nitrogens with two attached hydrogens (primary N) is 1. The molecule has 3 atom stereocenters. The Kier molecular flexibility index (Phi) is 4.70. The summed E-state index contributed by atoms with van der Waals surface area (Å²) in [5.41, 5.74) is 2.26. The summed E-state index contributed by atoms with van der Waals surface area (Å²) in [6, 6.07) is -0.317. The number of halogens is 3. The second-order valence-electron chi connectivity index (χ2n) is 5.51. The predicted octanol–water partition coefficient (Wildman–Crippen LogP) is 1.75. The third-order valence-electron chi connectivity index (χ3n) is 4.12. The molecule has 2 rings (SSSR count). The van der Waals surface area contributed by atoms with Gasteiger partial charge in [-0.1, -0.05) is 0 Å². The van der Waals surface area contributed by atoms with Crippen LogP contribution in [0.5, 0.6) is 0 Å². The molecule has 0 aromatic heterocycles. The van der Waals surface area contributed by atoms with E-state index in [2.05, 4.69) is 5.43 Å². The van der Waals surface area contributed by atoms with Gasteiger partial charge in [-0.15, -0.1) is 0 Å². The van der Waals surface area contributed by atoms with Gasteiger partial charge in [0.05, 0.1) is 12.2 Å². The fraction of sp³-hybridized carbons (Fsp3) is 1.00. The standard InChI is InChI=1S/C12H21F3N2O2/c13-12(14,15)3-1-10(17-16)9-2-5-19-11(7-9)4-6-18-8-11/h9-10,17H,1-8,16H2. The molecule has 0 saturated carbocycles. The molecule has 7 heteroatoms. The smallest absolute Gasteiger partial charge is 0.378 e. The normalized spacial score (nSPS) is 33.8. The molecule has 0 bridgehead atoms. The minimum absolute atomic E-state index is 0.0155. The molecule has 0 radical (unpaired) electrons. The number of alkyl halides is 3. The molecule has 4 nitrogen and oxygen atoms in total. The average molecular weight is 282 g/mol. The Bertz CT molecular complexity index is 293. The van der Waals surface area contributed by atoms with E-state index < -0.39 is 12.6 Å². The average Bonchev–Trinajstić information content (AvgIpc) is 2.77. The second kappa shape index (κ2) is 5.95. The molecule has 2 aliphatic rings. The SMILES string of the molecule is NNC(CCC(F)(F)F)C1CCOC2(CCOC2)C1. The van der Waals surface area contributed by atoms with Gasteiger partial charge in [-0.25, -0.2) is 0 Å². The Labute approximate surface area is 110 Å². The van der Waals surface area contributed by atoms with Gasteiger partial charge in [0, 0.05) is 32.1 Å². The molecule has 112 valence electrons. The van der Waals surface area contributed by atoms with Crippen molar-refractivity contribution < 1.29 is 22.6 Å². The number of nitrogens with one attached hydrogen (secondary N) is 1. The van der Waals surface area contributed by atoms with Gasteiger partial charge in [-0.3, -0.25) is 11.3 Å². The van der Waals surface area contributed by atoms with Crippen molar-refractivity contribution >= 4 is 0 Å². The van der Waals surface area contributed by atoms with Gasteiger partial charge in [0.2, 0.25) is 0 Å².